The standard InChI is InChI=1S/C14H18N4O/c1-4-15-14-16-9-10(2)13(18-14)17-11-5-7-12(19-3)8-6-11/h5-9H,4H2,1-3H3,(H2,15,16,17,18). The van der Waals surface area contributed by atoms with Gasteiger partial charge in [-0.05, 0) is 38.1 Å². The molecule has 0 saturated heterocycles. The van der Waals surface area contributed by atoms with E-state index < -0.39 is 0 Å². The van der Waals surface area contributed by atoms with Gasteiger partial charge in [0.15, 0.2) is 0 Å². The van der Waals surface area contributed by atoms with E-state index in [1.807, 2.05) is 38.1 Å². The van der Waals surface area contributed by atoms with Crippen molar-refractivity contribution in [3.8, 4) is 5.75 Å². The number of anilines is 3. The van der Waals surface area contributed by atoms with Crippen LogP contribution in [0.2, 0.25) is 0 Å². The number of benzene rings is 1. The molecular weight excluding hydrogens is 240 g/mol. The lowest BCUT2D eigenvalue weighted by atomic mass is 10.3. The summed E-state index contributed by atoms with van der Waals surface area (Å²) in [6.07, 6.45) is 1.80. The molecule has 0 radical (unpaired) electrons. The summed E-state index contributed by atoms with van der Waals surface area (Å²) in [4.78, 5) is 8.65. The second-order valence-electron chi connectivity index (χ2n) is 4.11. The minimum atomic E-state index is 0.629. The summed E-state index contributed by atoms with van der Waals surface area (Å²) >= 11 is 0. The molecule has 0 amide bonds. The van der Waals surface area contributed by atoms with Gasteiger partial charge in [-0.3, -0.25) is 0 Å². The highest BCUT2D eigenvalue weighted by Gasteiger charge is 2.04. The van der Waals surface area contributed by atoms with Gasteiger partial charge < -0.3 is 15.4 Å². The third-order valence-electron chi connectivity index (χ3n) is 2.66. The Balaban J connectivity index is 2.18. The molecular formula is C14H18N4O. The van der Waals surface area contributed by atoms with E-state index in [0.29, 0.717) is 5.95 Å². The van der Waals surface area contributed by atoms with Gasteiger partial charge in [0, 0.05) is 24.0 Å². The largest absolute Gasteiger partial charge is 0.497 e. The topological polar surface area (TPSA) is 59.1 Å². The van der Waals surface area contributed by atoms with E-state index in [0.717, 1.165) is 29.4 Å². The molecule has 0 fully saturated rings. The molecule has 2 rings (SSSR count). The number of nitrogens with one attached hydrogen (secondary N) is 2. The van der Waals surface area contributed by atoms with Crippen molar-refractivity contribution in [3.63, 3.8) is 0 Å². The number of rotatable bonds is 5. The first-order valence-electron chi connectivity index (χ1n) is 6.21. The lowest BCUT2D eigenvalue weighted by Crippen LogP contribution is -2.05. The van der Waals surface area contributed by atoms with Gasteiger partial charge >= 0.3 is 0 Å². The zero-order valence-corrected chi connectivity index (χ0v) is 11.4. The van der Waals surface area contributed by atoms with E-state index in [4.69, 9.17) is 4.74 Å². The van der Waals surface area contributed by atoms with Gasteiger partial charge in [-0.15, -0.1) is 0 Å². The predicted octanol–water partition coefficient (Wildman–Crippen LogP) is 2.97. The number of aromatic nitrogens is 2. The fourth-order valence-corrected chi connectivity index (χ4v) is 1.62. The Morgan fingerprint density at radius 1 is 1.21 bits per heavy atom. The summed E-state index contributed by atoms with van der Waals surface area (Å²) in [6.45, 7) is 4.78. The SMILES string of the molecule is CCNc1ncc(C)c(Nc2ccc(OC)cc2)n1. The predicted molar refractivity (Wildman–Crippen MR) is 77.2 cm³/mol. The first-order chi connectivity index (χ1) is 9.22. The molecule has 0 spiro atoms. The number of hydrogen-bond donors (Lipinski definition) is 2. The summed E-state index contributed by atoms with van der Waals surface area (Å²) in [7, 11) is 1.65. The lowest BCUT2D eigenvalue weighted by Gasteiger charge is -2.10. The molecule has 0 saturated carbocycles. The minimum absolute atomic E-state index is 0.629. The zero-order chi connectivity index (χ0) is 13.7. The van der Waals surface area contributed by atoms with E-state index in [1.165, 1.54) is 0 Å². The van der Waals surface area contributed by atoms with Crippen LogP contribution in [0.5, 0.6) is 5.75 Å². The molecule has 1 aromatic heterocycles. The summed E-state index contributed by atoms with van der Waals surface area (Å²) < 4.78 is 5.13. The van der Waals surface area contributed by atoms with Crippen molar-refractivity contribution in [1.29, 1.82) is 0 Å². The molecule has 100 valence electrons. The summed E-state index contributed by atoms with van der Waals surface area (Å²) in [5, 5.41) is 6.37. The molecule has 0 unspecified atom stereocenters. The highest BCUT2D eigenvalue weighted by Crippen LogP contribution is 2.21. The van der Waals surface area contributed by atoms with Gasteiger partial charge in [-0.2, -0.15) is 4.98 Å². The average Bonchev–Trinajstić information content (AvgIpc) is 2.44. The zero-order valence-electron chi connectivity index (χ0n) is 11.4. The molecule has 5 nitrogen and oxygen atoms in total. The maximum absolute atomic E-state index is 5.13. The fraction of sp³-hybridized carbons (Fsp3) is 0.286. The van der Waals surface area contributed by atoms with Crippen molar-refractivity contribution in [2.24, 2.45) is 0 Å². The van der Waals surface area contributed by atoms with Crippen LogP contribution in [-0.4, -0.2) is 23.6 Å². The molecule has 5 heteroatoms. The van der Waals surface area contributed by atoms with Gasteiger partial charge in [-0.1, -0.05) is 0 Å². The van der Waals surface area contributed by atoms with E-state index in [9.17, 15) is 0 Å². The second-order valence-corrected chi connectivity index (χ2v) is 4.11. The normalized spacial score (nSPS) is 10.1. The number of nitrogens with zero attached hydrogens (tertiary/aromatic N) is 2. The van der Waals surface area contributed by atoms with E-state index in [1.54, 1.807) is 13.3 Å². The lowest BCUT2D eigenvalue weighted by molar-refractivity contribution is 0.415. The Morgan fingerprint density at radius 2 is 1.95 bits per heavy atom. The maximum Gasteiger partial charge on any atom is 0.224 e. The van der Waals surface area contributed by atoms with Gasteiger partial charge in [0.2, 0.25) is 5.95 Å². The number of ether oxygens (including phenoxy) is 1. The van der Waals surface area contributed by atoms with Crippen LogP contribution in [0.3, 0.4) is 0 Å². The van der Waals surface area contributed by atoms with Crippen LogP contribution in [-0.2, 0) is 0 Å². The van der Waals surface area contributed by atoms with Gasteiger partial charge in [0.1, 0.15) is 11.6 Å². The molecule has 0 aliphatic rings. The molecule has 1 aromatic carbocycles. The van der Waals surface area contributed by atoms with Crippen molar-refractivity contribution >= 4 is 17.5 Å². The van der Waals surface area contributed by atoms with E-state index >= 15 is 0 Å². The van der Waals surface area contributed by atoms with Crippen LogP contribution >= 0.6 is 0 Å². The first kappa shape index (κ1) is 13.1. The summed E-state index contributed by atoms with van der Waals surface area (Å²) in [5.41, 5.74) is 1.96. The van der Waals surface area contributed by atoms with E-state index in [-0.39, 0.29) is 0 Å². The first-order valence-corrected chi connectivity index (χ1v) is 6.21. The molecule has 0 bridgehead atoms. The Labute approximate surface area is 113 Å². The average molecular weight is 258 g/mol. The third kappa shape index (κ3) is 3.34. The molecule has 0 atom stereocenters. The summed E-state index contributed by atoms with van der Waals surface area (Å²) in [6, 6.07) is 7.72. The van der Waals surface area contributed by atoms with Crippen molar-refractivity contribution < 1.29 is 4.74 Å². The van der Waals surface area contributed by atoms with Crippen LogP contribution < -0.4 is 15.4 Å². The Morgan fingerprint density at radius 3 is 2.58 bits per heavy atom. The Kier molecular flexibility index (Phi) is 4.18. The van der Waals surface area contributed by atoms with Gasteiger partial charge in [-0.25, -0.2) is 4.98 Å². The smallest absolute Gasteiger partial charge is 0.224 e. The second kappa shape index (κ2) is 6.04. The molecule has 0 aliphatic carbocycles. The number of methoxy groups -OCH3 is 1. The number of hydrogen-bond acceptors (Lipinski definition) is 5. The van der Waals surface area contributed by atoms with Crippen LogP contribution in [0, 0.1) is 6.92 Å². The minimum Gasteiger partial charge on any atom is -0.497 e. The Bertz CT molecular complexity index is 540. The van der Waals surface area contributed by atoms with Crippen molar-refractivity contribution in [2.45, 2.75) is 13.8 Å². The maximum atomic E-state index is 5.13. The third-order valence-corrected chi connectivity index (χ3v) is 2.66. The monoisotopic (exact) mass is 258 g/mol. The van der Waals surface area contributed by atoms with E-state index in [2.05, 4.69) is 20.6 Å². The number of aryl methyl sites for hydroxylation is 1. The quantitative estimate of drug-likeness (QED) is 0.863. The highest BCUT2D eigenvalue weighted by molar-refractivity contribution is 5.60. The highest BCUT2D eigenvalue weighted by atomic mass is 16.5. The van der Waals surface area contributed by atoms with Crippen LogP contribution in [0.15, 0.2) is 30.5 Å². The van der Waals surface area contributed by atoms with Crippen molar-refractivity contribution in [3.05, 3.63) is 36.0 Å². The molecule has 19 heavy (non-hydrogen) atoms. The fourth-order valence-electron chi connectivity index (χ4n) is 1.62. The van der Waals surface area contributed by atoms with Crippen molar-refractivity contribution in [1.82, 2.24) is 9.97 Å². The van der Waals surface area contributed by atoms with Crippen LogP contribution in [0.25, 0.3) is 0 Å². The van der Waals surface area contributed by atoms with Crippen LogP contribution in [0.4, 0.5) is 17.5 Å². The molecule has 0 aliphatic heterocycles. The van der Waals surface area contributed by atoms with Crippen molar-refractivity contribution in [2.75, 3.05) is 24.3 Å². The van der Waals surface area contributed by atoms with Gasteiger partial charge in [0.25, 0.3) is 0 Å². The Hall–Kier alpha value is -2.30. The van der Waals surface area contributed by atoms with Gasteiger partial charge in [0.05, 0.1) is 7.11 Å². The molecule has 2 N–H and O–H groups in total. The summed E-state index contributed by atoms with van der Waals surface area (Å²) in [5.74, 6) is 2.26. The molecule has 2 aromatic rings. The molecule has 1 heterocycles. The van der Waals surface area contributed by atoms with Crippen LogP contribution in [0.1, 0.15) is 12.5 Å².